The van der Waals surface area contributed by atoms with E-state index in [1.807, 2.05) is 13.8 Å². The Labute approximate surface area is 119 Å². The van der Waals surface area contributed by atoms with Crippen molar-refractivity contribution < 1.29 is 4.79 Å². The van der Waals surface area contributed by atoms with Gasteiger partial charge in [0.1, 0.15) is 5.82 Å². The fourth-order valence-electron chi connectivity index (χ4n) is 1.93. The number of anilines is 2. The number of benzene rings is 1. The Hall–Kier alpha value is -2.36. The molecule has 0 unspecified atom stereocenters. The van der Waals surface area contributed by atoms with E-state index in [4.69, 9.17) is 5.73 Å². The van der Waals surface area contributed by atoms with E-state index in [1.165, 1.54) is 5.56 Å². The highest BCUT2D eigenvalue weighted by Crippen LogP contribution is 2.14. The van der Waals surface area contributed by atoms with Gasteiger partial charge in [-0.05, 0) is 37.5 Å². The summed E-state index contributed by atoms with van der Waals surface area (Å²) in [6, 6.07) is 10.0. The van der Waals surface area contributed by atoms with E-state index in [-0.39, 0.29) is 5.91 Å². The average molecular weight is 269 g/mol. The highest BCUT2D eigenvalue weighted by atomic mass is 16.1. The van der Waals surface area contributed by atoms with E-state index >= 15 is 0 Å². The first kappa shape index (κ1) is 14.1. The molecule has 0 aliphatic rings. The molecule has 4 heteroatoms. The standard InChI is InChI=1S/C16H19N3O/c1-11-3-5-13(6-4-11)7-8-15(20)19-16-12(2)9-14(17)10-18-16/h3-6,9-10H,7-8,17H2,1-2H3,(H,18,19,20). The van der Waals surface area contributed by atoms with E-state index in [9.17, 15) is 4.79 Å². The van der Waals surface area contributed by atoms with Crippen molar-refractivity contribution in [2.75, 3.05) is 11.1 Å². The number of pyridine rings is 1. The minimum atomic E-state index is -0.0362. The van der Waals surface area contributed by atoms with Crippen LogP contribution in [0.1, 0.15) is 23.1 Å². The Morgan fingerprint density at radius 1 is 1.25 bits per heavy atom. The molecule has 2 aromatic rings. The average Bonchev–Trinajstić information content (AvgIpc) is 2.41. The van der Waals surface area contributed by atoms with E-state index < -0.39 is 0 Å². The number of amides is 1. The quantitative estimate of drug-likeness (QED) is 0.896. The Morgan fingerprint density at radius 3 is 2.60 bits per heavy atom. The number of aryl methyl sites for hydroxylation is 3. The number of nitrogen functional groups attached to an aromatic ring is 1. The van der Waals surface area contributed by atoms with Crippen molar-refractivity contribution in [2.45, 2.75) is 26.7 Å². The molecule has 0 aliphatic carbocycles. The lowest BCUT2D eigenvalue weighted by atomic mass is 10.1. The lowest BCUT2D eigenvalue weighted by molar-refractivity contribution is -0.116. The molecule has 0 radical (unpaired) electrons. The van der Waals surface area contributed by atoms with Crippen LogP contribution in [0, 0.1) is 13.8 Å². The van der Waals surface area contributed by atoms with Gasteiger partial charge in [-0.2, -0.15) is 0 Å². The summed E-state index contributed by atoms with van der Waals surface area (Å²) in [5.74, 6) is 0.541. The number of carbonyl (C=O) groups is 1. The molecule has 1 heterocycles. The van der Waals surface area contributed by atoms with Gasteiger partial charge < -0.3 is 11.1 Å². The zero-order valence-corrected chi connectivity index (χ0v) is 11.8. The third-order valence-electron chi connectivity index (χ3n) is 3.12. The Kier molecular flexibility index (Phi) is 4.35. The van der Waals surface area contributed by atoms with Crippen LogP contribution < -0.4 is 11.1 Å². The maximum absolute atomic E-state index is 11.9. The maximum atomic E-state index is 11.9. The van der Waals surface area contributed by atoms with Crippen LogP contribution in [0.4, 0.5) is 11.5 Å². The smallest absolute Gasteiger partial charge is 0.225 e. The van der Waals surface area contributed by atoms with Crippen LogP contribution in [0.3, 0.4) is 0 Å². The van der Waals surface area contributed by atoms with Crippen LogP contribution in [0.25, 0.3) is 0 Å². The van der Waals surface area contributed by atoms with Crippen LogP contribution in [-0.2, 0) is 11.2 Å². The third kappa shape index (κ3) is 3.82. The Morgan fingerprint density at radius 2 is 1.95 bits per heavy atom. The summed E-state index contributed by atoms with van der Waals surface area (Å²) < 4.78 is 0. The van der Waals surface area contributed by atoms with E-state index in [0.717, 1.165) is 17.5 Å². The molecule has 0 atom stereocenters. The van der Waals surface area contributed by atoms with Gasteiger partial charge in [0.15, 0.2) is 0 Å². The van der Waals surface area contributed by atoms with E-state index in [2.05, 4.69) is 34.6 Å². The molecular weight excluding hydrogens is 250 g/mol. The van der Waals surface area contributed by atoms with Gasteiger partial charge in [-0.15, -0.1) is 0 Å². The number of nitrogens with one attached hydrogen (secondary N) is 1. The molecule has 0 bridgehead atoms. The third-order valence-corrected chi connectivity index (χ3v) is 3.12. The van der Waals surface area contributed by atoms with Crippen LogP contribution >= 0.6 is 0 Å². The van der Waals surface area contributed by atoms with Crippen molar-refractivity contribution >= 4 is 17.4 Å². The molecule has 0 spiro atoms. The number of aromatic nitrogens is 1. The number of hydrogen-bond donors (Lipinski definition) is 2. The molecule has 20 heavy (non-hydrogen) atoms. The molecule has 1 aromatic carbocycles. The largest absolute Gasteiger partial charge is 0.397 e. The summed E-state index contributed by atoms with van der Waals surface area (Å²) in [7, 11) is 0. The molecular formula is C16H19N3O. The molecule has 4 nitrogen and oxygen atoms in total. The van der Waals surface area contributed by atoms with Crippen LogP contribution in [-0.4, -0.2) is 10.9 Å². The predicted octanol–water partition coefficient (Wildman–Crippen LogP) is 2.85. The highest BCUT2D eigenvalue weighted by Gasteiger charge is 2.06. The minimum Gasteiger partial charge on any atom is -0.397 e. The van der Waals surface area contributed by atoms with Crippen molar-refractivity contribution in [3.05, 3.63) is 53.2 Å². The first-order chi connectivity index (χ1) is 9.54. The SMILES string of the molecule is Cc1ccc(CCC(=O)Nc2ncc(N)cc2C)cc1. The molecule has 104 valence electrons. The normalized spacial score (nSPS) is 10.3. The number of hydrogen-bond acceptors (Lipinski definition) is 3. The lowest BCUT2D eigenvalue weighted by Gasteiger charge is -2.08. The minimum absolute atomic E-state index is 0.0362. The van der Waals surface area contributed by atoms with Crippen molar-refractivity contribution in [1.29, 1.82) is 0 Å². The molecule has 0 saturated heterocycles. The number of carbonyl (C=O) groups excluding carboxylic acids is 1. The monoisotopic (exact) mass is 269 g/mol. The van der Waals surface area contributed by atoms with Crippen LogP contribution in [0.2, 0.25) is 0 Å². The molecule has 3 N–H and O–H groups in total. The fourth-order valence-corrected chi connectivity index (χ4v) is 1.93. The van der Waals surface area contributed by atoms with Gasteiger partial charge in [0, 0.05) is 6.42 Å². The molecule has 0 fully saturated rings. The van der Waals surface area contributed by atoms with Gasteiger partial charge in [0.05, 0.1) is 11.9 Å². The fraction of sp³-hybridized carbons (Fsp3) is 0.250. The van der Waals surface area contributed by atoms with Crippen molar-refractivity contribution in [3.63, 3.8) is 0 Å². The van der Waals surface area contributed by atoms with Crippen molar-refractivity contribution in [2.24, 2.45) is 0 Å². The summed E-state index contributed by atoms with van der Waals surface area (Å²) in [6.45, 7) is 3.92. The molecule has 0 aliphatic heterocycles. The number of rotatable bonds is 4. The first-order valence-electron chi connectivity index (χ1n) is 6.62. The molecule has 2 rings (SSSR count). The topological polar surface area (TPSA) is 68.0 Å². The number of nitrogens with zero attached hydrogens (tertiary/aromatic N) is 1. The Bertz CT molecular complexity index is 606. The zero-order chi connectivity index (χ0) is 14.5. The summed E-state index contributed by atoms with van der Waals surface area (Å²) in [4.78, 5) is 16.0. The van der Waals surface area contributed by atoms with Gasteiger partial charge >= 0.3 is 0 Å². The second-order valence-corrected chi connectivity index (χ2v) is 4.97. The van der Waals surface area contributed by atoms with Gasteiger partial charge in [-0.25, -0.2) is 4.98 Å². The predicted molar refractivity (Wildman–Crippen MR) is 81.5 cm³/mol. The molecule has 0 saturated carbocycles. The maximum Gasteiger partial charge on any atom is 0.225 e. The van der Waals surface area contributed by atoms with Crippen LogP contribution in [0.15, 0.2) is 36.5 Å². The van der Waals surface area contributed by atoms with Gasteiger partial charge in [0.25, 0.3) is 0 Å². The van der Waals surface area contributed by atoms with Crippen molar-refractivity contribution in [3.8, 4) is 0 Å². The summed E-state index contributed by atoms with van der Waals surface area (Å²) in [5, 5.41) is 2.81. The van der Waals surface area contributed by atoms with E-state index in [0.29, 0.717) is 17.9 Å². The summed E-state index contributed by atoms with van der Waals surface area (Å²) in [6.07, 6.45) is 2.71. The van der Waals surface area contributed by atoms with Crippen molar-refractivity contribution in [1.82, 2.24) is 4.98 Å². The van der Waals surface area contributed by atoms with Crippen LogP contribution in [0.5, 0.6) is 0 Å². The highest BCUT2D eigenvalue weighted by molar-refractivity contribution is 5.90. The molecule has 1 amide bonds. The lowest BCUT2D eigenvalue weighted by Crippen LogP contribution is -2.14. The summed E-state index contributed by atoms with van der Waals surface area (Å²) in [5.41, 5.74) is 9.48. The van der Waals surface area contributed by atoms with E-state index in [1.54, 1.807) is 12.3 Å². The number of nitrogens with two attached hydrogens (primary N) is 1. The Balaban J connectivity index is 1.90. The zero-order valence-electron chi connectivity index (χ0n) is 11.8. The van der Waals surface area contributed by atoms with Gasteiger partial charge in [0.2, 0.25) is 5.91 Å². The van der Waals surface area contributed by atoms with Gasteiger partial charge in [-0.3, -0.25) is 4.79 Å². The molecule has 1 aromatic heterocycles. The summed E-state index contributed by atoms with van der Waals surface area (Å²) >= 11 is 0. The second-order valence-electron chi connectivity index (χ2n) is 4.97. The first-order valence-corrected chi connectivity index (χ1v) is 6.62. The van der Waals surface area contributed by atoms with Gasteiger partial charge in [-0.1, -0.05) is 29.8 Å². The second kappa shape index (κ2) is 6.19.